The fraction of sp³-hybridized carbons (Fsp3) is 0.867. The molecule has 1 aliphatic rings. The maximum atomic E-state index is 12.7. The molecule has 0 aliphatic heterocycles. The predicted octanol–water partition coefficient (Wildman–Crippen LogP) is 1.74. The minimum Gasteiger partial charge on any atom is -0.481 e. The Kier molecular flexibility index (Phi) is 6.46. The van der Waals surface area contributed by atoms with Gasteiger partial charge < -0.3 is 15.1 Å². The summed E-state index contributed by atoms with van der Waals surface area (Å²) in [5.74, 6) is -1.71. The molecule has 0 heterocycles. The van der Waals surface area contributed by atoms with Gasteiger partial charge in [-0.3, -0.25) is 9.59 Å². The van der Waals surface area contributed by atoms with E-state index in [9.17, 15) is 19.8 Å². The van der Waals surface area contributed by atoms with Gasteiger partial charge in [0.15, 0.2) is 0 Å². The van der Waals surface area contributed by atoms with Gasteiger partial charge in [-0.15, -0.1) is 0 Å². The number of carbonyl (C=O) groups is 2. The standard InChI is InChI=1S/C15H27NO4/c1-4-11(5-2)16(6-7-17)14(18)12-8-10(3)9-13(12)15(19)20/h10-13,17H,4-9H2,1-3H3,(H,19,20). The van der Waals surface area contributed by atoms with Crippen molar-refractivity contribution in [3.05, 3.63) is 0 Å². The van der Waals surface area contributed by atoms with Crippen LogP contribution in [0.25, 0.3) is 0 Å². The third-order valence-electron chi connectivity index (χ3n) is 4.44. The van der Waals surface area contributed by atoms with E-state index >= 15 is 0 Å². The van der Waals surface area contributed by atoms with Crippen LogP contribution in [0.3, 0.4) is 0 Å². The van der Waals surface area contributed by atoms with Crippen LogP contribution in [0, 0.1) is 17.8 Å². The number of amides is 1. The Morgan fingerprint density at radius 3 is 2.20 bits per heavy atom. The van der Waals surface area contributed by atoms with E-state index in [-0.39, 0.29) is 24.5 Å². The number of aliphatic hydroxyl groups is 1. The number of carboxylic acids is 1. The summed E-state index contributed by atoms with van der Waals surface area (Å²) in [6.45, 7) is 6.23. The Morgan fingerprint density at radius 1 is 1.20 bits per heavy atom. The lowest BCUT2D eigenvalue weighted by molar-refractivity contribution is -0.150. The number of aliphatic hydroxyl groups excluding tert-OH is 1. The fourth-order valence-corrected chi connectivity index (χ4v) is 3.36. The van der Waals surface area contributed by atoms with Crippen molar-refractivity contribution < 1.29 is 19.8 Å². The van der Waals surface area contributed by atoms with E-state index in [1.54, 1.807) is 4.90 Å². The minimum atomic E-state index is -0.874. The van der Waals surface area contributed by atoms with Crippen LogP contribution in [0.2, 0.25) is 0 Å². The minimum absolute atomic E-state index is 0.0811. The first-order valence-corrected chi connectivity index (χ1v) is 7.60. The average molecular weight is 285 g/mol. The predicted molar refractivity (Wildman–Crippen MR) is 76.2 cm³/mol. The molecule has 0 aromatic rings. The molecule has 3 unspecified atom stereocenters. The second kappa shape index (κ2) is 7.62. The SMILES string of the molecule is CCC(CC)N(CCO)C(=O)C1CC(C)CC1C(=O)O. The fourth-order valence-electron chi connectivity index (χ4n) is 3.36. The normalized spacial score (nSPS) is 25.9. The highest BCUT2D eigenvalue weighted by molar-refractivity contribution is 5.85. The summed E-state index contributed by atoms with van der Waals surface area (Å²) in [7, 11) is 0. The molecule has 0 spiro atoms. The molecule has 20 heavy (non-hydrogen) atoms. The molecule has 1 aliphatic carbocycles. The monoisotopic (exact) mass is 285 g/mol. The van der Waals surface area contributed by atoms with Crippen molar-refractivity contribution >= 4 is 11.9 Å². The van der Waals surface area contributed by atoms with Crippen molar-refractivity contribution in [3.8, 4) is 0 Å². The van der Waals surface area contributed by atoms with Crippen LogP contribution in [0.5, 0.6) is 0 Å². The van der Waals surface area contributed by atoms with Gasteiger partial charge in [0.25, 0.3) is 0 Å². The third-order valence-corrected chi connectivity index (χ3v) is 4.44. The maximum absolute atomic E-state index is 12.7. The zero-order valence-corrected chi connectivity index (χ0v) is 12.7. The molecular weight excluding hydrogens is 258 g/mol. The van der Waals surface area contributed by atoms with Crippen molar-refractivity contribution in [1.82, 2.24) is 4.90 Å². The number of hydrogen-bond donors (Lipinski definition) is 2. The van der Waals surface area contributed by atoms with E-state index in [4.69, 9.17) is 0 Å². The van der Waals surface area contributed by atoms with Crippen LogP contribution in [0.15, 0.2) is 0 Å². The maximum Gasteiger partial charge on any atom is 0.307 e. The number of nitrogens with zero attached hydrogens (tertiary/aromatic N) is 1. The van der Waals surface area contributed by atoms with Crippen LogP contribution < -0.4 is 0 Å². The summed E-state index contributed by atoms with van der Waals surface area (Å²) >= 11 is 0. The number of carboxylic acid groups (broad SMARTS) is 1. The quantitative estimate of drug-likeness (QED) is 0.747. The second-order valence-electron chi connectivity index (χ2n) is 5.85. The van der Waals surface area contributed by atoms with Gasteiger partial charge in [0, 0.05) is 12.6 Å². The lowest BCUT2D eigenvalue weighted by Crippen LogP contribution is -2.46. The number of aliphatic carboxylic acids is 1. The Bertz CT molecular complexity index is 341. The van der Waals surface area contributed by atoms with Crippen LogP contribution >= 0.6 is 0 Å². The summed E-state index contributed by atoms with van der Waals surface area (Å²) in [5, 5.41) is 18.5. The van der Waals surface area contributed by atoms with Crippen LogP contribution in [-0.2, 0) is 9.59 Å². The number of carbonyl (C=O) groups excluding carboxylic acids is 1. The molecule has 5 nitrogen and oxygen atoms in total. The highest BCUT2D eigenvalue weighted by atomic mass is 16.4. The van der Waals surface area contributed by atoms with E-state index < -0.39 is 17.8 Å². The van der Waals surface area contributed by atoms with Gasteiger partial charge in [-0.2, -0.15) is 0 Å². The smallest absolute Gasteiger partial charge is 0.307 e. The summed E-state index contributed by atoms with van der Waals surface area (Å²) in [4.78, 5) is 25.7. The lowest BCUT2D eigenvalue weighted by atomic mass is 9.93. The zero-order chi connectivity index (χ0) is 15.3. The van der Waals surface area contributed by atoms with Gasteiger partial charge >= 0.3 is 5.97 Å². The van der Waals surface area contributed by atoms with Gasteiger partial charge in [0.1, 0.15) is 0 Å². The molecular formula is C15H27NO4. The molecule has 1 fully saturated rings. The average Bonchev–Trinajstić information content (AvgIpc) is 2.80. The van der Waals surface area contributed by atoms with Gasteiger partial charge in [0.2, 0.25) is 5.91 Å². The molecule has 1 saturated carbocycles. The zero-order valence-electron chi connectivity index (χ0n) is 12.7. The van der Waals surface area contributed by atoms with Gasteiger partial charge in [-0.05, 0) is 31.6 Å². The molecule has 1 amide bonds. The van der Waals surface area contributed by atoms with E-state index in [0.717, 1.165) is 12.8 Å². The molecule has 5 heteroatoms. The van der Waals surface area contributed by atoms with Crippen LogP contribution in [-0.4, -0.2) is 46.2 Å². The van der Waals surface area contributed by atoms with Gasteiger partial charge in [0.05, 0.1) is 18.4 Å². The number of hydrogen-bond acceptors (Lipinski definition) is 3. The molecule has 3 atom stereocenters. The molecule has 1 rings (SSSR count). The van der Waals surface area contributed by atoms with Gasteiger partial charge in [-0.25, -0.2) is 0 Å². The highest BCUT2D eigenvalue weighted by Gasteiger charge is 2.43. The van der Waals surface area contributed by atoms with Crippen LogP contribution in [0.1, 0.15) is 46.5 Å². The Balaban J connectivity index is 2.90. The highest BCUT2D eigenvalue weighted by Crippen LogP contribution is 2.38. The molecule has 116 valence electrons. The topological polar surface area (TPSA) is 77.8 Å². The molecule has 0 aromatic heterocycles. The summed E-state index contributed by atoms with van der Waals surface area (Å²) in [6.07, 6.45) is 2.85. The summed E-state index contributed by atoms with van der Waals surface area (Å²) in [6, 6.07) is 0.0833. The summed E-state index contributed by atoms with van der Waals surface area (Å²) < 4.78 is 0. The molecule has 0 saturated heterocycles. The van der Waals surface area contributed by atoms with Crippen LogP contribution in [0.4, 0.5) is 0 Å². The Hall–Kier alpha value is -1.10. The van der Waals surface area contributed by atoms with Crippen molar-refractivity contribution in [3.63, 3.8) is 0 Å². The number of rotatable bonds is 7. The van der Waals surface area contributed by atoms with Crippen molar-refractivity contribution in [2.75, 3.05) is 13.2 Å². The van der Waals surface area contributed by atoms with Crippen molar-refractivity contribution in [1.29, 1.82) is 0 Å². The molecule has 0 bridgehead atoms. The second-order valence-corrected chi connectivity index (χ2v) is 5.85. The molecule has 0 aromatic carbocycles. The molecule has 2 N–H and O–H groups in total. The van der Waals surface area contributed by atoms with E-state index in [0.29, 0.717) is 19.4 Å². The third kappa shape index (κ3) is 3.72. The van der Waals surface area contributed by atoms with E-state index in [1.807, 2.05) is 20.8 Å². The Morgan fingerprint density at radius 2 is 1.75 bits per heavy atom. The summed E-state index contributed by atoms with van der Waals surface area (Å²) in [5.41, 5.74) is 0. The van der Waals surface area contributed by atoms with E-state index in [2.05, 4.69) is 0 Å². The van der Waals surface area contributed by atoms with Gasteiger partial charge in [-0.1, -0.05) is 20.8 Å². The first-order chi connectivity index (χ1) is 9.46. The molecule has 0 radical (unpaired) electrons. The van der Waals surface area contributed by atoms with Crippen molar-refractivity contribution in [2.45, 2.75) is 52.5 Å². The largest absolute Gasteiger partial charge is 0.481 e. The first-order valence-electron chi connectivity index (χ1n) is 7.60. The lowest BCUT2D eigenvalue weighted by Gasteiger charge is -2.33. The Labute approximate surface area is 121 Å². The first kappa shape index (κ1) is 17.0. The van der Waals surface area contributed by atoms with E-state index in [1.165, 1.54) is 0 Å². The van der Waals surface area contributed by atoms with Crippen molar-refractivity contribution in [2.24, 2.45) is 17.8 Å².